The van der Waals surface area contributed by atoms with Crippen molar-refractivity contribution in [2.75, 3.05) is 25.5 Å². The maximum absolute atomic E-state index is 13.1. The van der Waals surface area contributed by atoms with Gasteiger partial charge in [-0.15, -0.1) is 0 Å². The first kappa shape index (κ1) is 17.1. The summed E-state index contributed by atoms with van der Waals surface area (Å²) in [5.74, 6) is -0.129. The van der Waals surface area contributed by atoms with Crippen LogP contribution < -0.4 is 4.90 Å². The van der Waals surface area contributed by atoms with Gasteiger partial charge < -0.3 is 9.80 Å². The SMILES string of the molecule is CN(C)C1CCc2ccccc2N(C(=O)c2ccc([N+](=O)[O-])cc2)C1. The highest BCUT2D eigenvalue weighted by Crippen LogP contribution is 2.29. The number of non-ortho nitro benzene ring substituents is 1. The Kier molecular flexibility index (Phi) is 4.81. The number of amides is 1. The van der Waals surface area contributed by atoms with Crippen LogP contribution in [0.5, 0.6) is 0 Å². The molecule has 2 aromatic rings. The largest absolute Gasteiger partial charge is 0.307 e. The molecule has 0 N–H and O–H groups in total. The van der Waals surface area contributed by atoms with Crippen LogP contribution in [0.4, 0.5) is 11.4 Å². The zero-order valence-electron chi connectivity index (χ0n) is 14.4. The van der Waals surface area contributed by atoms with Crippen molar-refractivity contribution in [2.45, 2.75) is 18.9 Å². The molecule has 25 heavy (non-hydrogen) atoms. The summed E-state index contributed by atoms with van der Waals surface area (Å²) in [6.07, 6.45) is 1.90. The molecule has 0 fully saturated rings. The van der Waals surface area contributed by atoms with Gasteiger partial charge in [-0.1, -0.05) is 18.2 Å². The van der Waals surface area contributed by atoms with Gasteiger partial charge in [0.15, 0.2) is 0 Å². The van der Waals surface area contributed by atoms with E-state index in [0.717, 1.165) is 24.1 Å². The van der Waals surface area contributed by atoms with Gasteiger partial charge in [0, 0.05) is 36.0 Å². The summed E-state index contributed by atoms with van der Waals surface area (Å²) in [6.45, 7) is 0.597. The van der Waals surface area contributed by atoms with Gasteiger partial charge in [-0.3, -0.25) is 14.9 Å². The van der Waals surface area contributed by atoms with Crippen molar-refractivity contribution in [3.8, 4) is 0 Å². The fraction of sp³-hybridized carbons (Fsp3) is 0.316. The molecular weight excluding hydrogens is 318 g/mol. The van der Waals surface area contributed by atoms with Crippen LogP contribution in [0.15, 0.2) is 48.5 Å². The normalized spacial score (nSPS) is 17.1. The van der Waals surface area contributed by atoms with E-state index in [9.17, 15) is 14.9 Å². The molecule has 1 heterocycles. The van der Waals surface area contributed by atoms with E-state index in [1.54, 1.807) is 4.90 Å². The average molecular weight is 339 g/mol. The number of rotatable bonds is 3. The molecule has 1 atom stereocenters. The molecule has 6 heteroatoms. The van der Waals surface area contributed by atoms with Gasteiger partial charge in [0.1, 0.15) is 0 Å². The molecule has 0 saturated carbocycles. The second kappa shape index (κ2) is 7.03. The zero-order valence-corrected chi connectivity index (χ0v) is 14.4. The summed E-state index contributed by atoms with van der Waals surface area (Å²) in [6, 6.07) is 14.0. The van der Waals surface area contributed by atoms with Gasteiger partial charge in [0.05, 0.1) is 4.92 Å². The Bertz CT molecular complexity index is 787. The number of hydrogen-bond donors (Lipinski definition) is 0. The molecule has 130 valence electrons. The molecule has 1 amide bonds. The molecule has 0 radical (unpaired) electrons. The average Bonchev–Trinajstić information content (AvgIpc) is 2.81. The van der Waals surface area contributed by atoms with Crippen molar-refractivity contribution in [1.29, 1.82) is 0 Å². The standard InChI is InChI=1S/C19H21N3O3/c1-20(2)17-12-7-14-5-3-4-6-18(14)21(13-17)19(23)15-8-10-16(11-9-15)22(24)25/h3-6,8-11,17H,7,12-13H2,1-2H3. The zero-order chi connectivity index (χ0) is 18.0. The van der Waals surface area contributed by atoms with Gasteiger partial charge in [-0.05, 0) is 50.7 Å². The van der Waals surface area contributed by atoms with Gasteiger partial charge in [-0.25, -0.2) is 0 Å². The third-order valence-electron chi connectivity index (χ3n) is 4.72. The fourth-order valence-corrected chi connectivity index (χ4v) is 3.20. The van der Waals surface area contributed by atoms with Gasteiger partial charge in [0.25, 0.3) is 11.6 Å². The first-order valence-electron chi connectivity index (χ1n) is 8.28. The minimum absolute atomic E-state index is 0.0148. The quantitative estimate of drug-likeness (QED) is 0.636. The lowest BCUT2D eigenvalue weighted by Gasteiger charge is -2.29. The van der Waals surface area contributed by atoms with Crippen molar-refractivity contribution in [2.24, 2.45) is 0 Å². The topological polar surface area (TPSA) is 66.7 Å². The molecule has 0 aromatic heterocycles. The number of likely N-dealkylation sites (N-methyl/N-ethyl adjacent to an activating group) is 1. The third kappa shape index (κ3) is 3.53. The van der Waals surface area contributed by atoms with Gasteiger partial charge in [0.2, 0.25) is 0 Å². The summed E-state index contributed by atoms with van der Waals surface area (Å²) in [4.78, 5) is 27.4. The van der Waals surface area contributed by atoms with Gasteiger partial charge >= 0.3 is 0 Å². The molecule has 6 nitrogen and oxygen atoms in total. The minimum Gasteiger partial charge on any atom is -0.307 e. The maximum atomic E-state index is 13.1. The highest BCUT2D eigenvalue weighted by Gasteiger charge is 2.28. The number of anilines is 1. The number of benzene rings is 2. The summed E-state index contributed by atoms with van der Waals surface area (Å²) in [5, 5.41) is 10.8. The van der Waals surface area contributed by atoms with E-state index < -0.39 is 4.92 Å². The highest BCUT2D eigenvalue weighted by molar-refractivity contribution is 6.06. The molecule has 3 rings (SSSR count). The van der Waals surface area contributed by atoms with Crippen LogP contribution in [0.2, 0.25) is 0 Å². The van der Waals surface area contributed by atoms with E-state index in [1.165, 1.54) is 24.3 Å². The maximum Gasteiger partial charge on any atom is 0.269 e. The monoisotopic (exact) mass is 339 g/mol. The molecule has 1 aliphatic heterocycles. The molecule has 2 aromatic carbocycles. The Labute approximate surface area is 146 Å². The third-order valence-corrected chi connectivity index (χ3v) is 4.72. The Morgan fingerprint density at radius 1 is 1.16 bits per heavy atom. The summed E-state index contributed by atoms with van der Waals surface area (Å²) >= 11 is 0. The van der Waals surface area contributed by atoms with Crippen LogP contribution >= 0.6 is 0 Å². The Balaban J connectivity index is 1.96. The first-order valence-corrected chi connectivity index (χ1v) is 8.28. The van der Waals surface area contributed by atoms with Crippen LogP contribution in [-0.4, -0.2) is 42.4 Å². The number of nitro benzene ring substituents is 1. The molecule has 0 saturated heterocycles. The predicted octanol–water partition coefficient (Wildman–Crippen LogP) is 3.12. The number of aryl methyl sites for hydroxylation is 1. The summed E-state index contributed by atoms with van der Waals surface area (Å²) in [7, 11) is 4.05. The molecule has 0 bridgehead atoms. The van der Waals surface area contributed by atoms with E-state index in [4.69, 9.17) is 0 Å². The number of nitro groups is 1. The first-order chi connectivity index (χ1) is 12.0. The number of carbonyl (C=O) groups is 1. The molecule has 0 spiro atoms. The van der Waals surface area contributed by atoms with Crippen LogP contribution in [0.25, 0.3) is 0 Å². The molecular formula is C19H21N3O3. The lowest BCUT2D eigenvalue weighted by molar-refractivity contribution is -0.384. The number of carbonyl (C=O) groups excluding carboxylic acids is 1. The lowest BCUT2D eigenvalue weighted by Crippen LogP contribution is -2.42. The van der Waals surface area contributed by atoms with E-state index in [1.807, 2.05) is 32.3 Å². The van der Waals surface area contributed by atoms with Crippen molar-refractivity contribution in [1.82, 2.24) is 4.90 Å². The number of fused-ring (bicyclic) bond motifs is 1. The summed E-state index contributed by atoms with van der Waals surface area (Å²) < 4.78 is 0. The second-order valence-corrected chi connectivity index (χ2v) is 6.50. The van der Waals surface area contributed by atoms with E-state index in [-0.39, 0.29) is 17.6 Å². The van der Waals surface area contributed by atoms with Crippen molar-refractivity contribution in [3.05, 3.63) is 69.8 Å². The fourth-order valence-electron chi connectivity index (χ4n) is 3.20. The van der Waals surface area contributed by atoms with Gasteiger partial charge in [-0.2, -0.15) is 0 Å². The van der Waals surface area contributed by atoms with Crippen LogP contribution in [0.3, 0.4) is 0 Å². The van der Waals surface area contributed by atoms with E-state index in [2.05, 4.69) is 11.0 Å². The van der Waals surface area contributed by atoms with E-state index >= 15 is 0 Å². The second-order valence-electron chi connectivity index (χ2n) is 6.50. The Morgan fingerprint density at radius 2 is 1.84 bits per heavy atom. The van der Waals surface area contributed by atoms with E-state index in [0.29, 0.717) is 12.1 Å². The number of nitrogens with zero attached hydrogens (tertiary/aromatic N) is 3. The van der Waals surface area contributed by atoms with Crippen molar-refractivity contribution in [3.63, 3.8) is 0 Å². The molecule has 1 unspecified atom stereocenters. The number of hydrogen-bond acceptors (Lipinski definition) is 4. The highest BCUT2D eigenvalue weighted by atomic mass is 16.6. The molecule has 0 aliphatic carbocycles. The molecule has 1 aliphatic rings. The minimum atomic E-state index is -0.461. The van der Waals surface area contributed by atoms with Crippen molar-refractivity contribution >= 4 is 17.3 Å². The lowest BCUT2D eigenvalue weighted by atomic mass is 10.1. The number of para-hydroxylation sites is 1. The summed E-state index contributed by atoms with van der Waals surface area (Å²) in [5.41, 5.74) is 2.52. The smallest absolute Gasteiger partial charge is 0.269 e. The Morgan fingerprint density at radius 3 is 2.48 bits per heavy atom. The van der Waals surface area contributed by atoms with Crippen LogP contribution in [0, 0.1) is 10.1 Å². The van der Waals surface area contributed by atoms with Crippen LogP contribution in [-0.2, 0) is 6.42 Å². The Hall–Kier alpha value is -2.73. The van der Waals surface area contributed by atoms with Crippen LogP contribution in [0.1, 0.15) is 22.3 Å². The predicted molar refractivity (Wildman–Crippen MR) is 97.0 cm³/mol. The van der Waals surface area contributed by atoms with Crippen molar-refractivity contribution < 1.29 is 9.72 Å².